The number of pyridine rings is 1. The molecule has 0 spiro atoms. The number of rotatable bonds is 7. The number of aromatic nitrogens is 1. The Morgan fingerprint density at radius 3 is 2.67 bits per heavy atom. The van der Waals surface area contributed by atoms with Gasteiger partial charge in [-0.25, -0.2) is 4.98 Å². The second kappa shape index (κ2) is 9.09. The summed E-state index contributed by atoms with van der Waals surface area (Å²) < 4.78 is 5.91. The first-order chi connectivity index (χ1) is 13.2. The molecule has 0 saturated heterocycles. The van der Waals surface area contributed by atoms with Crippen LogP contribution in [0, 0.1) is 0 Å². The van der Waals surface area contributed by atoms with Crippen molar-refractivity contribution >= 4 is 23.5 Å². The molecular weight excluding hydrogens is 358 g/mol. The molecule has 27 heavy (non-hydrogen) atoms. The van der Waals surface area contributed by atoms with Gasteiger partial charge in [-0.15, -0.1) is 11.8 Å². The Bertz CT molecular complexity index is 913. The third-order valence-electron chi connectivity index (χ3n) is 3.81. The quantitative estimate of drug-likeness (QED) is 0.591. The van der Waals surface area contributed by atoms with Crippen LogP contribution in [0.5, 0.6) is 11.5 Å². The van der Waals surface area contributed by atoms with E-state index in [0.29, 0.717) is 12.1 Å². The standard InChI is InChI=1S/C21H21N3O2S/c1-2-27-18-6-3-5-17(13-18)26-16-10-8-15(9-11-16)14-24-21(25)19-7-4-12-23-20(19)22/h3-13H,2,14H2,1H3,(H2,22,23)(H,24,25). The molecule has 1 heterocycles. The van der Waals surface area contributed by atoms with Crippen LogP contribution in [-0.2, 0) is 6.54 Å². The number of nitrogen functional groups attached to an aromatic ring is 1. The fraction of sp³-hybridized carbons (Fsp3) is 0.143. The second-order valence-corrected chi connectivity index (χ2v) is 7.11. The van der Waals surface area contributed by atoms with Crippen molar-refractivity contribution in [2.45, 2.75) is 18.4 Å². The maximum atomic E-state index is 12.2. The van der Waals surface area contributed by atoms with Crippen molar-refractivity contribution in [3.8, 4) is 11.5 Å². The molecule has 0 bridgehead atoms. The molecule has 0 fully saturated rings. The summed E-state index contributed by atoms with van der Waals surface area (Å²) in [5.74, 6) is 2.56. The van der Waals surface area contributed by atoms with Gasteiger partial charge < -0.3 is 15.8 Å². The van der Waals surface area contributed by atoms with Crippen molar-refractivity contribution < 1.29 is 9.53 Å². The topological polar surface area (TPSA) is 77.2 Å². The molecule has 6 heteroatoms. The molecule has 0 aliphatic carbocycles. The zero-order valence-corrected chi connectivity index (χ0v) is 15.8. The van der Waals surface area contributed by atoms with Crippen LogP contribution in [-0.4, -0.2) is 16.6 Å². The number of nitrogens with one attached hydrogen (secondary N) is 1. The SMILES string of the molecule is CCSc1cccc(Oc2ccc(CNC(=O)c3cccnc3N)cc2)c1. The van der Waals surface area contributed by atoms with Gasteiger partial charge in [0.15, 0.2) is 0 Å². The second-order valence-electron chi connectivity index (χ2n) is 5.77. The van der Waals surface area contributed by atoms with Crippen LogP contribution < -0.4 is 15.8 Å². The summed E-state index contributed by atoms with van der Waals surface area (Å²) in [5.41, 5.74) is 7.07. The Morgan fingerprint density at radius 1 is 1.11 bits per heavy atom. The maximum Gasteiger partial charge on any atom is 0.255 e. The molecule has 2 aromatic carbocycles. The first-order valence-corrected chi connectivity index (χ1v) is 9.62. The smallest absolute Gasteiger partial charge is 0.255 e. The number of hydrogen-bond donors (Lipinski definition) is 2. The average molecular weight is 379 g/mol. The van der Waals surface area contributed by atoms with E-state index in [1.165, 1.54) is 4.90 Å². The van der Waals surface area contributed by atoms with Gasteiger partial charge >= 0.3 is 0 Å². The summed E-state index contributed by atoms with van der Waals surface area (Å²) in [6, 6.07) is 19.0. The zero-order chi connectivity index (χ0) is 19.1. The van der Waals surface area contributed by atoms with Crippen molar-refractivity contribution in [2.75, 3.05) is 11.5 Å². The molecule has 0 aliphatic rings. The van der Waals surface area contributed by atoms with Crippen LogP contribution in [0.1, 0.15) is 22.8 Å². The fourth-order valence-electron chi connectivity index (χ4n) is 2.49. The number of nitrogens with zero attached hydrogens (tertiary/aromatic N) is 1. The largest absolute Gasteiger partial charge is 0.457 e. The number of carbonyl (C=O) groups excluding carboxylic acids is 1. The Kier molecular flexibility index (Phi) is 6.33. The summed E-state index contributed by atoms with van der Waals surface area (Å²) in [6.45, 7) is 2.52. The van der Waals surface area contributed by atoms with Crippen LogP contribution in [0.15, 0.2) is 71.8 Å². The first-order valence-electron chi connectivity index (χ1n) is 8.64. The molecule has 1 aromatic heterocycles. The Balaban J connectivity index is 1.58. The summed E-state index contributed by atoms with van der Waals surface area (Å²) in [5, 5.41) is 2.84. The highest BCUT2D eigenvalue weighted by Gasteiger charge is 2.09. The number of amides is 1. The van der Waals surface area contributed by atoms with Gasteiger partial charge in [0.25, 0.3) is 5.91 Å². The Morgan fingerprint density at radius 2 is 1.93 bits per heavy atom. The van der Waals surface area contributed by atoms with E-state index in [9.17, 15) is 4.79 Å². The molecule has 138 valence electrons. The molecule has 0 saturated carbocycles. The van der Waals surface area contributed by atoms with E-state index < -0.39 is 0 Å². The summed E-state index contributed by atoms with van der Waals surface area (Å²) in [4.78, 5) is 17.3. The number of benzene rings is 2. The lowest BCUT2D eigenvalue weighted by Crippen LogP contribution is -2.24. The molecule has 3 N–H and O–H groups in total. The van der Waals surface area contributed by atoms with Gasteiger partial charge in [0.1, 0.15) is 17.3 Å². The van der Waals surface area contributed by atoms with E-state index in [2.05, 4.69) is 23.3 Å². The van der Waals surface area contributed by atoms with E-state index in [1.807, 2.05) is 42.5 Å². The number of nitrogens with two attached hydrogens (primary N) is 1. The molecule has 1 amide bonds. The van der Waals surface area contributed by atoms with Crippen molar-refractivity contribution in [3.63, 3.8) is 0 Å². The van der Waals surface area contributed by atoms with Crippen LogP contribution in [0.3, 0.4) is 0 Å². The first kappa shape index (κ1) is 18.8. The maximum absolute atomic E-state index is 12.2. The lowest BCUT2D eigenvalue weighted by Gasteiger charge is -2.09. The van der Waals surface area contributed by atoms with Gasteiger partial charge in [-0.05, 0) is 53.8 Å². The molecule has 0 aliphatic heterocycles. The zero-order valence-electron chi connectivity index (χ0n) is 15.0. The summed E-state index contributed by atoms with van der Waals surface area (Å²) in [7, 11) is 0. The van der Waals surface area contributed by atoms with Gasteiger partial charge in [0, 0.05) is 17.6 Å². The predicted octanol–water partition coefficient (Wildman–Crippen LogP) is 4.50. The highest BCUT2D eigenvalue weighted by molar-refractivity contribution is 7.99. The molecule has 3 rings (SSSR count). The van der Waals surface area contributed by atoms with Gasteiger partial charge in [0.05, 0.1) is 5.56 Å². The van der Waals surface area contributed by atoms with Crippen molar-refractivity contribution in [2.24, 2.45) is 0 Å². The predicted molar refractivity (Wildman–Crippen MR) is 109 cm³/mol. The van der Waals surface area contributed by atoms with E-state index in [4.69, 9.17) is 10.5 Å². The van der Waals surface area contributed by atoms with Gasteiger partial charge in [0.2, 0.25) is 0 Å². The van der Waals surface area contributed by atoms with E-state index in [-0.39, 0.29) is 11.7 Å². The number of ether oxygens (including phenoxy) is 1. The highest BCUT2D eigenvalue weighted by Crippen LogP contribution is 2.26. The van der Waals surface area contributed by atoms with Gasteiger partial charge in [-0.2, -0.15) is 0 Å². The van der Waals surface area contributed by atoms with Crippen molar-refractivity contribution in [1.82, 2.24) is 10.3 Å². The fourth-order valence-corrected chi connectivity index (χ4v) is 3.20. The van der Waals surface area contributed by atoms with Crippen molar-refractivity contribution in [1.29, 1.82) is 0 Å². The van der Waals surface area contributed by atoms with Crippen molar-refractivity contribution in [3.05, 3.63) is 78.0 Å². The summed E-state index contributed by atoms with van der Waals surface area (Å²) in [6.07, 6.45) is 1.56. The summed E-state index contributed by atoms with van der Waals surface area (Å²) >= 11 is 1.78. The highest BCUT2D eigenvalue weighted by atomic mass is 32.2. The lowest BCUT2D eigenvalue weighted by molar-refractivity contribution is 0.0951. The van der Waals surface area contributed by atoms with Crippen LogP contribution in [0.4, 0.5) is 5.82 Å². The monoisotopic (exact) mass is 379 g/mol. The van der Waals surface area contributed by atoms with Crippen LogP contribution >= 0.6 is 11.8 Å². The lowest BCUT2D eigenvalue weighted by atomic mass is 10.2. The van der Waals surface area contributed by atoms with E-state index in [1.54, 1.807) is 30.1 Å². The van der Waals surface area contributed by atoms with Crippen LogP contribution in [0.2, 0.25) is 0 Å². The normalized spacial score (nSPS) is 10.4. The average Bonchev–Trinajstić information content (AvgIpc) is 2.68. The van der Waals surface area contributed by atoms with E-state index in [0.717, 1.165) is 22.8 Å². The molecule has 0 atom stereocenters. The molecule has 0 unspecified atom stereocenters. The van der Waals surface area contributed by atoms with Gasteiger partial charge in [-0.3, -0.25) is 4.79 Å². The molecular formula is C21H21N3O2S. The van der Waals surface area contributed by atoms with E-state index >= 15 is 0 Å². The molecule has 5 nitrogen and oxygen atoms in total. The number of carbonyl (C=O) groups is 1. The minimum atomic E-state index is -0.244. The number of thioether (sulfide) groups is 1. The number of anilines is 1. The molecule has 0 radical (unpaired) electrons. The van der Waals surface area contributed by atoms with Crippen LogP contribution in [0.25, 0.3) is 0 Å². The third-order valence-corrected chi connectivity index (χ3v) is 4.69. The Labute approximate surface area is 163 Å². The minimum Gasteiger partial charge on any atom is -0.457 e. The Hall–Kier alpha value is -2.99. The molecule has 3 aromatic rings. The minimum absolute atomic E-state index is 0.224. The number of hydrogen-bond acceptors (Lipinski definition) is 5. The van der Waals surface area contributed by atoms with Gasteiger partial charge in [-0.1, -0.05) is 25.1 Å². The third kappa shape index (κ3) is 5.24.